The molecule has 0 unspecified atom stereocenters. The highest BCUT2D eigenvalue weighted by Crippen LogP contribution is 2.12. The topological polar surface area (TPSA) is 46.6 Å². The third-order valence-corrected chi connectivity index (χ3v) is 3.49. The summed E-state index contributed by atoms with van der Waals surface area (Å²) < 4.78 is 18.0. The molecule has 24 heavy (non-hydrogen) atoms. The fourth-order valence-corrected chi connectivity index (χ4v) is 2.29. The smallest absolute Gasteiger partial charge is 0.307 e. The molecular formula is C19H20FNO3. The number of rotatable bonds is 7. The van der Waals surface area contributed by atoms with E-state index in [1.165, 1.54) is 24.3 Å². The van der Waals surface area contributed by atoms with E-state index in [9.17, 15) is 14.0 Å². The van der Waals surface area contributed by atoms with Crippen LogP contribution in [-0.2, 0) is 16.1 Å². The van der Waals surface area contributed by atoms with Crippen LogP contribution in [-0.4, -0.2) is 29.9 Å². The second-order valence-electron chi connectivity index (χ2n) is 5.27. The number of ether oxygens (including phenoxy) is 1. The average Bonchev–Trinajstić information content (AvgIpc) is 2.60. The number of hydrogen-bond donors (Lipinski definition) is 0. The summed E-state index contributed by atoms with van der Waals surface area (Å²) in [5, 5.41) is 0. The van der Waals surface area contributed by atoms with Crippen LogP contribution in [0, 0.1) is 5.82 Å². The predicted octanol–water partition coefficient (Wildman–Crippen LogP) is 3.42. The molecule has 0 bridgehead atoms. The van der Waals surface area contributed by atoms with E-state index in [1.54, 1.807) is 11.8 Å². The van der Waals surface area contributed by atoms with Gasteiger partial charge in [-0.15, -0.1) is 0 Å². The lowest BCUT2D eigenvalue weighted by atomic mass is 10.1. The minimum absolute atomic E-state index is 0.119. The number of amides is 1. The second-order valence-corrected chi connectivity index (χ2v) is 5.27. The Morgan fingerprint density at radius 2 is 1.71 bits per heavy atom. The number of carbonyl (C=O) groups excluding carboxylic acids is 2. The fourth-order valence-electron chi connectivity index (χ4n) is 2.29. The summed E-state index contributed by atoms with van der Waals surface area (Å²) in [7, 11) is 0. The SMILES string of the molecule is CCOC(=O)CCN(Cc1ccccc1)C(=O)c1ccc(F)cc1. The first kappa shape index (κ1) is 17.7. The van der Waals surface area contributed by atoms with Crippen molar-refractivity contribution >= 4 is 11.9 Å². The summed E-state index contributed by atoms with van der Waals surface area (Å²) >= 11 is 0. The maximum absolute atomic E-state index is 13.1. The van der Waals surface area contributed by atoms with E-state index in [0.717, 1.165) is 5.56 Å². The van der Waals surface area contributed by atoms with E-state index < -0.39 is 5.82 Å². The minimum Gasteiger partial charge on any atom is -0.466 e. The molecule has 0 aromatic heterocycles. The van der Waals surface area contributed by atoms with E-state index in [0.29, 0.717) is 18.7 Å². The fraction of sp³-hybridized carbons (Fsp3) is 0.263. The zero-order valence-corrected chi connectivity index (χ0v) is 13.6. The van der Waals surface area contributed by atoms with E-state index in [-0.39, 0.29) is 24.8 Å². The van der Waals surface area contributed by atoms with Crippen molar-refractivity contribution in [3.8, 4) is 0 Å². The molecule has 0 heterocycles. The van der Waals surface area contributed by atoms with Gasteiger partial charge in [0.2, 0.25) is 0 Å². The van der Waals surface area contributed by atoms with Crippen LogP contribution in [0.4, 0.5) is 4.39 Å². The van der Waals surface area contributed by atoms with Gasteiger partial charge < -0.3 is 9.64 Å². The Bertz CT molecular complexity index is 671. The van der Waals surface area contributed by atoms with Crippen molar-refractivity contribution in [2.75, 3.05) is 13.2 Å². The molecule has 1 amide bonds. The van der Waals surface area contributed by atoms with Gasteiger partial charge in [-0.05, 0) is 36.8 Å². The Balaban J connectivity index is 2.13. The van der Waals surface area contributed by atoms with Crippen molar-refractivity contribution in [2.24, 2.45) is 0 Å². The molecule has 2 aromatic carbocycles. The van der Waals surface area contributed by atoms with Gasteiger partial charge in [-0.3, -0.25) is 9.59 Å². The van der Waals surface area contributed by atoms with Crippen LogP contribution in [0.25, 0.3) is 0 Å². The maximum atomic E-state index is 13.1. The molecule has 0 aliphatic carbocycles. The highest BCUT2D eigenvalue weighted by molar-refractivity contribution is 5.94. The Labute approximate surface area is 140 Å². The van der Waals surface area contributed by atoms with Crippen LogP contribution in [0.3, 0.4) is 0 Å². The zero-order valence-electron chi connectivity index (χ0n) is 13.6. The second kappa shape index (κ2) is 8.82. The van der Waals surface area contributed by atoms with Crippen LogP contribution < -0.4 is 0 Å². The van der Waals surface area contributed by atoms with Crippen molar-refractivity contribution in [1.82, 2.24) is 4.90 Å². The van der Waals surface area contributed by atoms with Gasteiger partial charge in [-0.1, -0.05) is 30.3 Å². The number of esters is 1. The van der Waals surface area contributed by atoms with Crippen LogP contribution in [0.1, 0.15) is 29.3 Å². The molecule has 0 aliphatic heterocycles. The van der Waals surface area contributed by atoms with E-state index >= 15 is 0 Å². The third-order valence-electron chi connectivity index (χ3n) is 3.49. The number of halogens is 1. The number of benzene rings is 2. The molecule has 0 N–H and O–H groups in total. The molecule has 2 rings (SSSR count). The molecule has 0 atom stereocenters. The van der Waals surface area contributed by atoms with E-state index in [4.69, 9.17) is 4.74 Å². The molecule has 126 valence electrons. The minimum atomic E-state index is -0.396. The Morgan fingerprint density at radius 1 is 1.04 bits per heavy atom. The molecule has 2 aromatic rings. The maximum Gasteiger partial charge on any atom is 0.307 e. The van der Waals surface area contributed by atoms with Gasteiger partial charge in [-0.2, -0.15) is 0 Å². The molecule has 4 nitrogen and oxygen atoms in total. The van der Waals surface area contributed by atoms with Gasteiger partial charge >= 0.3 is 5.97 Å². The first-order chi connectivity index (χ1) is 11.6. The van der Waals surface area contributed by atoms with Crippen LogP contribution in [0.5, 0.6) is 0 Å². The molecular weight excluding hydrogens is 309 g/mol. The van der Waals surface area contributed by atoms with E-state index in [1.807, 2.05) is 30.3 Å². The van der Waals surface area contributed by atoms with Crippen LogP contribution >= 0.6 is 0 Å². The lowest BCUT2D eigenvalue weighted by Gasteiger charge is -2.22. The first-order valence-electron chi connectivity index (χ1n) is 7.84. The lowest BCUT2D eigenvalue weighted by molar-refractivity contribution is -0.143. The Hall–Kier alpha value is -2.69. The highest BCUT2D eigenvalue weighted by Gasteiger charge is 2.18. The van der Waals surface area contributed by atoms with Gasteiger partial charge in [0, 0.05) is 18.7 Å². The summed E-state index contributed by atoms with van der Waals surface area (Å²) in [5.74, 6) is -0.988. The van der Waals surface area contributed by atoms with Gasteiger partial charge in [0.05, 0.1) is 13.0 Å². The summed E-state index contributed by atoms with van der Waals surface area (Å²) in [4.78, 5) is 25.8. The highest BCUT2D eigenvalue weighted by atomic mass is 19.1. The lowest BCUT2D eigenvalue weighted by Crippen LogP contribution is -2.33. The Kier molecular flexibility index (Phi) is 6.49. The first-order valence-corrected chi connectivity index (χ1v) is 7.84. The molecule has 5 heteroatoms. The quantitative estimate of drug-likeness (QED) is 0.731. The summed E-state index contributed by atoms with van der Waals surface area (Å²) in [6, 6.07) is 14.9. The number of nitrogens with zero attached hydrogens (tertiary/aromatic N) is 1. The monoisotopic (exact) mass is 329 g/mol. The zero-order chi connectivity index (χ0) is 17.4. The normalized spacial score (nSPS) is 10.2. The van der Waals surface area contributed by atoms with Gasteiger partial charge in [0.15, 0.2) is 0 Å². The largest absolute Gasteiger partial charge is 0.466 e. The number of hydrogen-bond acceptors (Lipinski definition) is 3. The van der Waals surface area contributed by atoms with Crippen LogP contribution in [0.15, 0.2) is 54.6 Å². The standard InChI is InChI=1S/C19H20FNO3/c1-2-24-18(22)12-13-21(14-15-6-4-3-5-7-15)19(23)16-8-10-17(20)11-9-16/h3-11H,2,12-14H2,1H3. The Morgan fingerprint density at radius 3 is 2.33 bits per heavy atom. The van der Waals surface area contributed by atoms with Crippen molar-refractivity contribution in [2.45, 2.75) is 19.9 Å². The third kappa shape index (κ3) is 5.19. The molecule has 0 saturated carbocycles. The molecule has 0 aliphatic rings. The molecule has 0 spiro atoms. The van der Waals surface area contributed by atoms with Gasteiger partial charge in [-0.25, -0.2) is 4.39 Å². The summed E-state index contributed by atoms with van der Waals surface area (Å²) in [6.07, 6.45) is 0.119. The molecule has 0 radical (unpaired) electrons. The summed E-state index contributed by atoms with van der Waals surface area (Å²) in [6.45, 7) is 2.66. The van der Waals surface area contributed by atoms with Crippen molar-refractivity contribution < 1.29 is 18.7 Å². The predicted molar refractivity (Wildman–Crippen MR) is 88.8 cm³/mol. The van der Waals surface area contributed by atoms with Crippen molar-refractivity contribution in [1.29, 1.82) is 0 Å². The van der Waals surface area contributed by atoms with E-state index in [2.05, 4.69) is 0 Å². The van der Waals surface area contributed by atoms with Gasteiger partial charge in [0.25, 0.3) is 5.91 Å². The molecule has 0 fully saturated rings. The molecule has 0 saturated heterocycles. The van der Waals surface area contributed by atoms with Crippen molar-refractivity contribution in [3.63, 3.8) is 0 Å². The number of carbonyl (C=O) groups is 2. The van der Waals surface area contributed by atoms with Gasteiger partial charge in [0.1, 0.15) is 5.82 Å². The van der Waals surface area contributed by atoms with Crippen molar-refractivity contribution in [3.05, 3.63) is 71.5 Å². The average molecular weight is 329 g/mol. The van der Waals surface area contributed by atoms with Crippen LogP contribution in [0.2, 0.25) is 0 Å². The summed E-state index contributed by atoms with van der Waals surface area (Å²) in [5.41, 5.74) is 1.34.